The predicted octanol–water partition coefficient (Wildman–Crippen LogP) is 4.03. The van der Waals surface area contributed by atoms with Gasteiger partial charge in [-0.05, 0) is 42.7 Å². The molecule has 39 heavy (non-hydrogen) atoms. The van der Waals surface area contributed by atoms with Gasteiger partial charge in [0.05, 0.1) is 25.7 Å². The molecule has 0 spiro atoms. The summed E-state index contributed by atoms with van der Waals surface area (Å²) >= 11 is 6.48. The predicted molar refractivity (Wildman–Crippen MR) is 148 cm³/mol. The lowest BCUT2D eigenvalue weighted by molar-refractivity contribution is 0.0970. The summed E-state index contributed by atoms with van der Waals surface area (Å²) in [4.78, 5) is 44.9. The molecule has 2 aromatic heterocycles. The van der Waals surface area contributed by atoms with Gasteiger partial charge in [-0.2, -0.15) is 0 Å². The number of benzene rings is 2. The molecule has 4 aromatic rings. The van der Waals surface area contributed by atoms with Crippen LogP contribution in [0.25, 0.3) is 11.0 Å². The Morgan fingerprint density at radius 3 is 2.77 bits per heavy atom. The van der Waals surface area contributed by atoms with Crippen molar-refractivity contribution >= 4 is 40.5 Å². The van der Waals surface area contributed by atoms with E-state index in [0.717, 1.165) is 12.0 Å². The van der Waals surface area contributed by atoms with Crippen molar-refractivity contribution in [2.45, 2.75) is 32.0 Å². The van der Waals surface area contributed by atoms with E-state index in [0.29, 0.717) is 52.8 Å². The summed E-state index contributed by atoms with van der Waals surface area (Å²) < 4.78 is 8.42. The molecule has 1 fully saturated rings. The van der Waals surface area contributed by atoms with E-state index in [-0.39, 0.29) is 30.5 Å². The van der Waals surface area contributed by atoms with Gasteiger partial charge in [0, 0.05) is 35.9 Å². The first-order valence-electron chi connectivity index (χ1n) is 12.6. The summed E-state index contributed by atoms with van der Waals surface area (Å²) in [6, 6.07) is 15.7. The number of hydrogen-bond acceptors (Lipinski definition) is 6. The molecule has 1 atom stereocenters. The summed E-state index contributed by atoms with van der Waals surface area (Å²) in [5.41, 5.74) is 1.72. The molecule has 1 amide bonds. The van der Waals surface area contributed by atoms with Crippen LogP contribution >= 0.6 is 11.6 Å². The van der Waals surface area contributed by atoms with Crippen molar-refractivity contribution in [1.82, 2.24) is 19.4 Å². The van der Waals surface area contributed by atoms with Crippen LogP contribution in [0.1, 0.15) is 28.8 Å². The molecule has 0 bridgehead atoms. The van der Waals surface area contributed by atoms with Crippen molar-refractivity contribution in [3.8, 4) is 5.75 Å². The van der Waals surface area contributed by atoms with Crippen LogP contribution in [0.3, 0.4) is 0 Å². The fourth-order valence-corrected chi connectivity index (χ4v) is 5.17. The molecule has 0 aliphatic carbocycles. The first kappa shape index (κ1) is 26.3. The smallest absolute Gasteiger partial charge is 0.404 e. The number of nitrogens with one attached hydrogen (secondary N) is 1. The van der Waals surface area contributed by atoms with Gasteiger partial charge in [-0.15, -0.1) is 0 Å². The molecule has 2 N–H and O–H groups in total. The molecule has 1 saturated heterocycles. The van der Waals surface area contributed by atoms with Crippen molar-refractivity contribution < 1.29 is 19.4 Å². The van der Waals surface area contributed by atoms with Crippen molar-refractivity contribution in [2.24, 2.45) is 0 Å². The molecule has 0 unspecified atom stereocenters. The molecule has 0 saturated carbocycles. The Kier molecular flexibility index (Phi) is 7.56. The molecule has 10 nitrogen and oxygen atoms in total. The number of carboxylic acid groups (broad SMARTS) is 1. The molecular weight excluding hydrogens is 522 g/mol. The number of anilines is 1. The fourth-order valence-electron chi connectivity index (χ4n) is 4.97. The zero-order valence-electron chi connectivity index (χ0n) is 21.3. The van der Waals surface area contributed by atoms with Crippen LogP contribution in [0, 0.1) is 0 Å². The van der Waals surface area contributed by atoms with E-state index in [1.54, 1.807) is 42.6 Å². The number of carbonyl (C=O) groups excluding carboxylic acids is 1. The molecular formula is C28H28ClN5O5. The second-order valence-electron chi connectivity index (χ2n) is 9.46. The van der Waals surface area contributed by atoms with Crippen molar-refractivity contribution in [3.63, 3.8) is 0 Å². The number of halogens is 1. The third-order valence-corrected chi connectivity index (χ3v) is 7.24. The first-order chi connectivity index (χ1) is 18.8. The van der Waals surface area contributed by atoms with Gasteiger partial charge in [0.2, 0.25) is 5.95 Å². The Labute approximate surface area is 229 Å². The number of carbonyl (C=O) groups is 2. The zero-order chi connectivity index (χ0) is 27.5. The third-order valence-electron chi connectivity index (χ3n) is 6.87. The van der Waals surface area contributed by atoms with Crippen LogP contribution in [0.4, 0.5) is 10.7 Å². The van der Waals surface area contributed by atoms with Gasteiger partial charge in [0.25, 0.3) is 5.56 Å². The number of hydrogen-bond donors (Lipinski definition) is 2. The number of ketones is 1. The minimum Gasteiger partial charge on any atom is -0.497 e. The van der Waals surface area contributed by atoms with Gasteiger partial charge >= 0.3 is 6.09 Å². The normalized spacial score (nSPS) is 15.3. The summed E-state index contributed by atoms with van der Waals surface area (Å²) in [6.07, 6.45) is 1.98. The minimum absolute atomic E-state index is 0.150. The Hall–Kier alpha value is -4.31. The number of imidazole rings is 1. The van der Waals surface area contributed by atoms with E-state index < -0.39 is 6.09 Å². The molecule has 202 valence electrons. The van der Waals surface area contributed by atoms with Gasteiger partial charge in [-0.1, -0.05) is 41.9 Å². The maximum absolute atomic E-state index is 13.8. The molecule has 3 heterocycles. The van der Waals surface area contributed by atoms with Crippen LogP contribution < -0.4 is 20.5 Å². The molecule has 2 aromatic carbocycles. The molecule has 5 rings (SSSR count). The van der Waals surface area contributed by atoms with Crippen LogP contribution in [-0.4, -0.2) is 57.3 Å². The van der Waals surface area contributed by atoms with E-state index in [1.807, 2.05) is 27.7 Å². The highest BCUT2D eigenvalue weighted by atomic mass is 35.5. The number of aromatic nitrogens is 3. The summed E-state index contributed by atoms with van der Waals surface area (Å²) in [5.74, 6) is 0.880. The maximum atomic E-state index is 13.8. The lowest BCUT2D eigenvalue weighted by Gasteiger charge is -2.33. The Balaban J connectivity index is 1.56. The van der Waals surface area contributed by atoms with E-state index >= 15 is 0 Å². The summed E-state index contributed by atoms with van der Waals surface area (Å²) in [7, 11) is 1.53. The van der Waals surface area contributed by atoms with Crippen LogP contribution in [0.15, 0.2) is 65.6 Å². The second-order valence-corrected chi connectivity index (χ2v) is 9.87. The highest BCUT2D eigenvalue weighted by molar-refractivity contribution is 6.31. The monoisotopic (exact) mass is 549 g/mol. The van der Waals surface area contributed by atoms with Gasteiger partial charge in [0.15, 0.2) is 5.78 Å². The number of rotatable bonds is 8. The number of Topliss-reactive ketones (excluding diaryl/α,β-unsaturated/α-hetero) is 1. The van der Waals surface area contributed by atoms with Crippen molar-refractivity contribution in [1.29, 1.82) is 0 Å². The molecule has 1 aliphatic heterocycles. The van der Waals surface area contributed by atoms with Crippen LogP contribution in [0.2, 0.25) is 5.02 Å². The van der Waals surface area contributed by atoms with Crippen molar-refractivity contribution in [2.75, 3.05) is 25.1 Å². The van der Waals surface area contributed by atoms with Gasteiger partial charge < -0.3 is 29.2 Å². The van der Waals surface area contributed by atoms with E-state index in [2.05, 4.69) is 5.32 Å². The van der Waals surface area contributed by atoms with Crippen LogP contribution in [0.5, 0.6) is 5.75 Å². The highest BCUT2D eigenvalue weighted by Crippen LogP contribution is 2.27. The van der Waals surface area contributed by atoms with E-state index in [9.17, 15) is 19.5 Å². The molecule has 11 heteroatoms. The van der Waals surface area contributed by atoms with Crippen molar-refractivity contribution in [3.05, 3.63) is 87.3 Å². The quantitative estimate of drug-likeness (QED) is 0.318. The first-order valence-corrected chi connectivity index (χ1v) is 13.0. The maximum Gasteiger partial charge on any atom is 0.404 e. The number of pyridine rings is 1. The SMILES string of the molecule is COc1cccc(C(=O)Cn2ccc3nc(N4CCC[C@@H](NC(=O)O)C4)n(Cc4ccccc4Cl)c3c2=O)c1. The minimum atomic E-state index is -1.07. The second kappa shape index (κ2) is 11.2. The Morgan fingerprint density at radius 1 is 1.18 bits per heavy atom. The van der Waals surface area contributed by atoms with E-state index in [1.165, 1.54) is 11.7 Å². The van der Waals surface area contributed by atoms with Gasteiger partial charge in [-0.3, -0.25) is 9.59 Å². The topological polar surface area (TPSA) is 119 Å². The Bertz CT molecular complexity index is 1600. The van der Waals surface area contributed by atoms with Gasteiger partial charge in [-0.25, -0.2) is 9.78 Å². The average molecular weight is 550 g/mol. The number of nitrogens with zero attached hydrogens (tertiary/aromatic N) is 4. The van der Waals surface area contributed by atoms with Crippen LogP contribution in [-0.2, 0) is 13.1 Å². The lowest BCUT2D eigenvalue weighted by atomic mass is 10.1. The van der Waals surface area contributed by atoms with E-state index in [4.69, 9.17) is 21.3 Å². The molecule has 1 aliphatic rings. The summed E-state index contributed by atoms with van der Waals surface area (Å²) in [6.45, 7) is 1.21. The highest BCUT2D eigenvalue weighted by Gasteiger charge is 2.27. The number of methoxy groups -OCH3 is 1. The standard InChI is InChI=1S/C28H28ClN5O5/c1-39-21-9-4-7-18(14-21)24(35)17-32-13-11-23-25(26(32)36)34(15-19-6-2-3-10-22(19)29)27(31-23)33-12-5-8-20(16-33)30-28(37)38/h2-4,6-7,9-11,13-14,20,30H,5,8,12,15-17H2,1H3,(H,37,38)/t20-/m1/s1. The third kappa shape index (κ3) is 5.61. The largest absolute Gasteiger partial charge is 0.497 e. The Morgan fingerprint density at radius 2 is 2.00 bits per heavy atom. The fraction of sp³-hybridized carbons (Fsp3) is 0.286. The number of amides is 1. The molecule has 0 radical (unpaired) electrons. The average Bonchev–Trinajstić information content (AvgIpc) is 3.30. The zero-order valence-corrected chi connectivity index (χ0v) is 22.1. The summed E-state index contributed by atoms with van der Waals surface area (Å²) in [5, 5.41) is 12.3. The lowest BCUT2D eigenvalue weighted by Crippen LogP contribution is -2.48. The number of fused-ring (bicyclic) bond motifs is 1. The number of ether oxygens (including phenoxy) is 1. The van der Waals surface area contributed by atoms with Gasteiger partial charge in [0.1, 0.15) is 11.3 Å². The number of piperidine rings is 1.